The van der Waals surface area contributed by atoms with Crippen LogP contribution in [0.2, 0.25) is 0 Å². The van der Waals surface area contributed by atoms with Crippen molar-refractivity contribution in [3.63, 3.8) is 0 Å². The van der Waals surface area contributed by atoms with Crippen molar-refractivity contribution in [2.24, 2.45) is 11.8 Å². The summed E-state index contributed by atoms with van der Waals surface area (Å²) in [5.74, 6) is 1.96. The monoisotopic (exact) mass is 746 g/mol. The van der Waals surface area contributed by atoms with Crippen LogP contribution in [0.4, 0.5) is 0 Å². The summed E-state index contributed by atoms with van der Waals surface area (Å²) < 4.78 is 5.66. The van der Waals surface area contributed by atoms with Crippen molar-refractivity contribution in [1.82, 2.24) is 9.97 Å². The van der Waals surface area contributed by atoms with Crippen LogP contribution in [0.3, 0.4) is 0 Å². The van der Waals surface area contributed by atoms with Gasteiger partial charge in [0.05, 0.1) is 12.0 Å². The number of aryl methyl sites for hydroxylation is 1. The third-order valence-electron chi connectivity index (χ3n) is 7.61. The molecule has 5 nitrogen and oxygen atoms in total. The Bertz CT molecular complexity index is 1470. The van der Waals surface area contributed by atoms with E-state index in [9.17, 15) is 9.90 Å². The topological polar surface area (TPSA) is 76.2 Å². The molecule has 0 aliphatic carbocycles. The van der Waals surface area contributed by atoms with Crippen molar-refractivity contribution in [1.29, 1.82) is 0 Å². The molecule has 0 fully saturated rings. The normalized spacial score (nSPS) is 11.8. The first-order chi connectivity index (χ1) is 19.5. The molecule has 6 heteroatoms. The maximum Gasteiger partial charge on any atom is 0.191 e. The number of pyridine rings is 1. The van der Waals surface area contributed by atoms with Gasteiger partial charge < -0.3 is 9.52 Å². The molecule has 1 N–H and O–H groups in total. The van der Waals surface area contributed by atoms with Crippen LogP contribution < -0.4 is 0 Å². The number of carbonyl (C=O) groups is 1. The fraction of sp³-hybridized carbons (Fsp3) is 0.417. The van der Waals surface area contributed by atoms with Gasteiger partial charge >= 0.3 is 0 Å². The summed E-state index contributed by atoms with van der Waals surface area (Å²) in [7, 11) is 0. The number of aromatic nitrogens is 2. The van der Waals surface area contributed by atoms with Gasteiger partial charge in [-0.3, -0.25) is 9.78 Å². The van der Waals surface area contributed by atoms with Crippen molar-refractivity contribution >= 4 is 16.6 Å². The van der Waals surface area contributed by atoms with E-state index in [1.807, 2.05) is 52.9 Å². The van der Waals surface area contributed by atoms with Crippen LogP contribution in [0.15, 0.2) is 71.1 Å². The summed E-state index contributed by atoms with van der Waals surface area (Å²) in [6, 6.07) is 18.1. The maximum atomic E-state index is 11.7. The number of oxazole rings is 1. The standard InChI is InChI=1S/C23H21N2O.C13H24O2.Ir/c1-15-25-14-22(26-15)17-9-10-24-21(13-17)18-11-16-7-5-6-8-19(16)20(12-18)23(2,3)4;1-5-10(6-2)12(14)9-13(15)11(7-3)8-4;/h5-10,12-14H,1-4H3;9-11,14H,5-8H2,1-4H3;/q-1;;/b;12-9-;. The Balaban J connectivity index is 0.000000334. The number of allylic oxidation sites excluding steroid dienone is 2. The SMILES string of the molecule is CCC(CC)C(=O)/C=C(\O)C(CC)CC.Cc1ncc(-c2ccnc(-c3[c-]c4ccccc4c(C(C)(C)C)c3)c2)o1.[Ir]. The first kappa shape index (κ1) is 35.1. The van der Waals surface area contributed by atoms with Crippen molar-refractivity contribution in [2.75, 3.05) is 0 Å². The van der Waals surface area contributed by atoms with E-state index in [1.165, 1.54) is 17.0 Å². The van der Waals surface area contributed by atoms with Gasteiger partial charge in [-0.15, -0.1) is 29.1 Å². The molecule has 42 heavy (non-hydrogen) atoms. The second-order valence-corrected chi connectivity index (χ2v) is 11.6. The number of fused-ring (bicyclic) bond motifs is 1. The Morgan fingerprint density at radius 2 is 1.62 bits per heavy atom. The molecule has 2 heterocycles. The van der Waals surface area contributed by atoms with Gasteiger partial charge in [0.1, 0.15) is 0 Å². The summed E-state index contributed by atoms with van der Waals surface area (Å²) in [6.07, 6.45) is 8.46. The van der Waals surface area contributed by atoms with Crippen LogP contribution in [0.5, 0.6) is 0 Å². The molecular formula is C36H45IrN2O3-. The molecule has 2 aromatic carbocycles. The minimum Gasteiger partial charge on any atom is -0.512 e. The molecule has 0 spiro atoms. The van der Waals surface area contributed by atoms with E-state index in [1.54, 1.807) is 6.20 Å². The van der Waals surface area contributed by atoms with Gasteiger partial charge in [-0.25, -0.2) is 4.98 Å². The second-order valence-electron chi connectivity index (χ2n) is 11.6. The van der Waals surface area contributed by atoms with Gasteiger partial charge in [-0.2, -0.15) is 0 Å². The van der Waals surface area contributed by atoms with E-state index in [2.05, 4.69) is 67.1 Å². The second kappa shape index (κ2) is 16.0. The number of rotatable bonds is 9. The van der Waals surface area contributed by atoms with Crippen molar-refractivity contribution in [3.05, 3.63) is 84.2 Å². The molecule has 0 saturated carbocycles. The van der Waals surface area contributed by atoms with Crippen LogP contribution in [0.1, 0.15) is 85.6 Å². The fourth-order valence-corrected chi connectivity index (χ4v) is 4.99. The molecule has 4 aromatic rings. The summed E-state index contributed by atoms with van der Waals surface area (Å²) in [4.78, 5) is 20.5. The number of nitrogens with zero attached hydrogens (tertiary/aromatic N) is 2. The quantitative estimate of drug-likeness (QED) is 0.105. The molecule has 227 valence electrons. The zero-order valence-corrected chi connectivity index (χ0v) is 28.6. The van der Waals surface area contributed by atoms with Crippen molar-refractivity contribution in [3.8, 4) is 22.6 Å². The number of carbonyl (C=O) groups excluding carboxylic acids is 1. The number of benzene rings is 2. The molecule has 4 rings (SSSR count). The van der Waals surface area contributed by atoms with E-state index >= 15 is 0 Å². The first-order valence-corrected chi connectivity index (χ1v) is 14.8. The predicted octanol–water partition coefficient (Wildman–Crippen LogP) is 9.83. The van der Waals surface area contributed by atoms with E-state index < -0.39 is 0 Å². The molecule has 1 radical (unpaired) electrons. The summed E-state index contributed by atoms with van der Waals surface area (Å²) in [5, 5.41) is 12.1. The average molecular weight is 746 g/mol. The van der Waals surface area contributed by atoms with E-state index in [0.717, 1.165) is 53.7 Å². The molecular weight excluding hydrogens is 701 g/mol. The van der Waals surface area contributed by atoms with Crippen LogP contribution in [0, 0.1) is 24.8 Å². The molecule has 0 unspecified atom stereocenters. The van der Waals surface area contributed by atoms with Crippen molar-refractivity contribution < 1.29 is 34.4 Å². The van der Waals surface area contributed by atoms with E-state index in [-0.39, 0.29) is 48.9 Å². The number of ketones is 1. The molecule has 0 saturated heterocycles. The number of hydrogen-bond acceptors (Lipinski definition) is 5. The molecule has 0 atom stereocenters. The molecule has 0 aliphatic heterocycles. The van der Waals surface area contributed by atoms with Gasteiger partial charge in [-0.05, 0) is 37.2 Å². The van der Waals surface area contributed by atoms with Gasteiger partial charge in [0, 0.05) is 62.4 Å². The summed E-state index contributed by atoms with van der Waals surface area (Å²) in [6.45, 7) is 16.6. The minimum absolute atomic E-state index is 0. The Morgan fingerprint density at radius 1 is 0.976 bits per heavy atom. The third-order valence-corrected chi connectivity index (χ3v) is 7.61. The number of hydrogen-bond donors (Lipinski definition) is 1. The van der Waals surface area contributed by atoms with Gasteiger partial charge in [0.15, 0.2) is 17.4 Å². The maximum absolute atomic E-state index is 11.7. The Kier molecular flexibility index (Phi) is 13.3. The van der Waals surface area contributed by atoms with Crippen molar-refractivity contribution in [2.45, 2.75) is 86.5 Å². The van der Waals surface area contributed by atoms with Crippen LogP contribution in [0.25, 0.3) is 33.4 Å². The minimum atomic E-state index is 0. The zero-order valence-electron chi connectivity index (χ0n) is 26.2. The molecule has 2 aromatic heterocycles. The smallest absolute Gasteiger partial charge is 0.191 e. The average Bonchev–Trinajstić information content (AvgIpc) is 3.40. The van der Waals surface area contributed by atoms with Crippen LogP contribution >= 0.6 is 0 Å². The number of aliphatic hydroxyl groups is 1. The third kappa shape index (κ3) is 8.96. The predicted molar refractivity (Wildman–Crippen MR) is 169 cm³/mol. The van der Waals surface area contributed by atoms with Gasteiger partial charge in [-0.1, -0.05) is 83.7 Å². The van der Waals surface area contributed by atoms with E-state index in [4.69, 9.17) is 4.42 Å². The largest absolute Gasteiger partial charge is 0.512 e. The van der Waals surface area contributed by atoms with Crippen LogP contribution in [-0.2, 0) is 30.3 Å². The van der Waals surface area contributed by atoms with Crippen LogP contribution in [-0.4, -0.2) is 20.9 Å². The fourth-order valence-electron chi connectivity index (χ4n) is 4.99. The van der Waals surface area contributed by atoms with Gasteiger partial charge in [0.2, 0.25) is 0 Å². The molecule has 0 amide bonds. The molecule has 0 bridgehead atoms. The van der Waals surface area contributed by atoms with Gasteiger partial charge in [0.25, 0.3) is 0 Å². The Hall–Kier alpha value is -3.08. The summed E-state index contributed by atoms with van der Waals surface area (Å²) in [5.41, 5.74) is 4.17. The summed E-state index contributed by atoms with van der Waals surface area (Å²) >= 11 is 0. The zero-order chi connectivity index (χ0) is 30.2. The Morgan fingerprint density at radius 3 is 2.19 bits per heavy atom. The number of aliphatic hydroxyl groups excluding tert-OH is 1. The molecule has 0 aliphatic rings. The van der Waals surface area contributed by atoms with E-state index in [0.29, 0.717) is 5.89 Å². The first-order valence-electron chi connectivity index (χ1n) is 14.8. The Labute approximate surface area is 265 Å².